The van der Waals surface area contributed by atoms with Crippen LogP contribution in [0.25, 0.3) is 0 Å². The van der Waals surface area contributed by atoms with Crippen molar-refractivity contribution >= 4 is 28.9 Å². The van der Waals surface area contributed by atoms with E-state index in [-0.39, 0.29) is 36.4 Å². The number of thiophene rings is 1. The standard InChI is InChI=1S/C15H20N2O3S/c1-9-6-12(10(2)21-9)13(18)4-5-14(19)17-7-11(8-17)15(20)16-3/h6,11H,4-5,7-8H2,1-3H3,(H,16,20). The van der Waals surface area contributed by atoms with Crippen LogP contribution in [0, 0.1) is 19.8 Å². The molecule has 0 radical (unpaired) electrons. The molecule has 1 aromatic heterocycles. The van der Waals surface area contributed by atoms with Crippen LogP contribution in [0.15, 0.2) is 6.07 Å². The maximum Gasteiger partial charge on any atom is 0.226 e. The van der Waals surface area contributed by atoms with Crippen LogP contribution >= 0.6 is 11.3 Å². The van der Waals surface area contributed by atoms with Crippen LogP contribution in [-0.2, 0) is 9.59 Å². The van der Waals surface area contributed by atoms with Gasteiger partial charge in [0.2, 0.25) is 11.8 Å². The summed E-state index contributed by atoms with van der Waals surface area (Å²) in [5.74, 6) is -0.155. The second kappa shape index (κ2) is 6.39. The van der Waals surface area contributed by atoms with Crippen LogP contribution in [-0.4, -0.2) is 42.6 Å². The molecule has 114 valence electrons. The van der Waals surface area contributed by atoms with Crippen LogP contribution in [0.2, 0.25) is 0 Å². The fourth-order valence-electron chi connectivity index (χ4n) is 2.47. The predicted molar refractivity (Wildman–Crippen MR) is 81.5 cm³/mol. The van der Waals surface area contributed by atoms with Gasteiger partial charge in [-0.3, -0.25) is 14.4 Å². The second-order valence-corrected chi connectivity index (χ2v) is 6.82. The maximum atomic E-state index is 12.1. The average Bonchev–Trinajstić information content (AvgIpc) is 2.73. The Labute approximate surface area is 128 Å². The highest BCUT2D eigenvalue weighted by atomic mass is 32.1. The highest BCUT2D eigenvalue weighted by molar-refractivity contribution is 7.12. The van der Waals surface area contributed by atoms with E-state index in [0.717, 1.165) is 15.3 Å². The Balaban J connectivity index is 1.79. The molecule has 2 rings (SSSR count). The third kappa shape index (κ3) is 3.50. The molecule has 5 nitrogen and oxygen atoms in total. The van der Waals surface area contributed by atoms with E-state index in [2.05, 4.69) is 5.32 Å². The summed E-state index contributed by atoms with van der Waals surface area (Å²) in [6.45, 7) is 4.82. The lowest BCUT2D eigenvalue weighted by Crippen LogP contribution is -2.55. The smallest absolute Gasteiger partial charge is 0.226 e. The Hall–Kier alpha value is -1.69. The van der Waals surface area contributed by atoms with Crippen molar-refractivity contribution in [1.29, 1.82) is 0 Å². The van der Waals surface area contributed by atoms with Crippen LogP contribution < -0.4 is 5.32 Å². The lowest BCUT2D eigenvalue weighted by molar-refractivity contribution is -0.142. The summed E-state index contributed by atoms with van der Waals surface area (Å²) in [4.78, 5) is 39.2. The molecule has 0 bridgehead atoms. The molecule has 1 N–H and O–H groups in total. The highest BCUT2D eigenvalue weighted by Gasteiger charge is 2.34. The second-order valence-electron chi connectivity index (χ2n) is 5.36. The first-order valence-corrected chi connectivity index (χ1v) is 7.83. The molecular formula is C15H20N2O3S. The molecule has 1 aliphatic rings. The van der Waals surface area contributed by atoms with Crippen molar-refractivity contribution < 1.29 is 14.4 Å². The van der Waals surface area contributed by atoms with Gasteiger partial charge in [-0.1, -0.05) is 0 Å². The van der Waals surface area contributed by atoms with Gasteiger partial charge in [0.1, 0.15) is 0 Å². The molecule has 1 fully saturated rings. The number of carbonyl (C=O) groups is 3. The van der Waals surface area contributed by atoms with Crippen molar-refractivity contribution in [2.24, 2.45) is 5.92 Å². The minimum absolute atomic E-state index is 0.0218. The Morgan fingerprint density at radius 1 is 1.29 bits per heavy atom. The van der Waals surface area contributed by atoms with E-state index < -0.39 is 0 Å². The number of rotatable bonds is 5. The van der Waals surface area contributed by atoms with E-state index in [4.69, 9.17) is 0 Å². The first-order chi connectivity index (χ1) is 9.92. The van der Waals surface area contributed by atoms with Crippen LogP contribution in [0.3, 0.4) is 0 Å². The Kier molecular flexibility index (Phi) is 4.77. The number of likely N-dealkylation sites (tertiary alicyclic amines) is 1. The first-order valence-electron chi connectivity index (χ1n) is 7.02. The molecule has 0 aromatic carbocycles. The maximum absolute atomic E-state index is 12.1. The lowest BCUT2D eigenvalue weighted by atomic mass is 9.98. The van der Waals surface area contributed by atoms with Gasteiger partial charge in [0.25, 0.3) is 0 Å². The number of Topliss-reactive ketones (excluding diaryl/α,β-unsaturated/α-hetero) is 1. The molecule has 1 saturated heterocycles. The van der Waals surface area contributed by atoms with Gasteiger partial charge >= 0.3 is 0 Å². The molecule has 2 amide bonds. The van der Waals surface area contributed by atoms with Crippen LogP contribution in [0.1, 0.15) is 33.0 Å². The summed E-state index contributed by atoms with van der Waals surface area (Å²) >= 11 is 1.60. The summed E-state index contributed by atoms with van der Waals surface area (Å²) in [7, 11) is 1.59. The lowest BCUT2D eigenvalue weighted by Gasteiger charge is -2.38. The van der Waals surface area contributed by atoms with E-state index in [0.29, 0.717) is 13.1 Å². The number of carbonyl (C=O) groups excluding carboxylic acids is 3. The summed E-state index contributed by atoms with van der Waals surface area (Å²) in [5.41, 5.74) is 0.733. The Bertz CT molecular complexity index is 573. The van der Waals surface area contributed by atoms with Crippen molar-refractivity contribution in [3.05, 3.63) is 21.4 Å². The largest absolute Gasteiger partial charge is 0.359 e. The topological polar surface area (TPSA) is 66.5 Å². The van der Waals surface area contributed by atoms with Gasteiger partial charge in [-0.25, -0.2) is 0 Å². The molecule has 1 aliphatic heterocycles. The molecule has 21 heavy (non-hydrogen) atoms. The Morgan fingerprint density at radius 3 is 2.48 bits per heavy atom. The van der Waals surface area contributed by atoms with E-state index >= 15 is 0 Å². The number of nitrogens with zero attached hydrogens (tertiary/aromatic N) is 1. The van der Waals surface area contributed by atoms with Gasteiger partial charge in [0.15, 0.2) is 5.78 Å². The number of aryl methyl sites for hydroxylation is 2. The van der Waals surface area contributed by atoms with E-state index in [1.165, 1.54) is 0 Å². The SMILES string of the molecule is CNC(=O)C1CN(C(=O)CCC(=O)c2cc(C)sc2C)C1. The van der Waals surface area contributed by atoms with Crippen LogP contribution in [0.4, 0.5) is 0 Å². The van der Waals surface area contributed by atoms with Gasteiger partial charge in [0, 0.05) is 48.3 Å². The van der Waals surface area contributed by atoms with Gasteiger partial charge < -0.3 is 10.2 Å². The third-order valence-corrected chi connectivity index (χ3v) is 4.72. The fourth-order valence-corrected chi connectivity index (χ4v) is 3.42. The van der Waals surface area contributed by atoms with Crippen molar-refractivity contribution in [3.8, 4) is 0 Å². The summed E-state index contributed by atoms with van der Waals surface area (Å²) in [6.07, 6.45) is 0.449. The number of ketones is 1. The quantitative estimate of drug-likeness (QED) is 0.839. The summed E-state index contributed by atoms with van der Waals surface area (Å²) < 4.78 is 0. The van der Waals surface area contributed by atoms with E-state index in [1.807, 2.05) is 19.9 Å². The molecule has 0 aliphatic carbocycles. The zero-order valence-corrected chi connectivity index (χ0v) is 13.4. The normalized spacial score (nSPS) is 14.7. The Morgan fingerprint density at radius 2 is 1.95 bits per heavy atom. The monoisotopic (exact) mass is 308 g/mol. The zero-order chi connectivity index (χ0) is 15.6. The van der Waals surface area contributed by atoms with Gasteiger partial charge in [-0.05, 0) is 19.9 Å². The zero-order valence-electron chi connectivity index (χ0n) is 12.6. The molecule has 6 heteroatoms. The predicted octanol–water partition coefficient (Wildman–Crippen LogP) is 1.53. The number of hydrogen-bond donors (Lipinski definition) is 1. The van der Waals surface area contributed by atoms with Crippen molar-refractivity contribution in [1.82, 2.24) is 10.2 Å². The number of hydrogen-bond acceptors (Lipinski definition) is 4. The molecule has 0 unspecified atom stereocenters. The van der Waals surface area contributed by atoms with Gasteiger partial charge in [-0.15, -0.1) is 11.3 Å². The minimum Gasteiger partial charge on any atom is -0.359 e. The molecule has 0 saturated carbocycles. The van der Waals surface area contributed by atoms with Gasteiger partial charge in [0.05, 0.1) is 5.92 Å². The molecule has 2 heterocycles. The third-order valence-electron chi connectivity index (χ3n) is 3.76. The molecule has 0 atom stereocenters. The van der Waals surface area contributed by atoms with Crippen molar-refractivity contribution in [2.75, 3.05) is 20.1 Å². The van der Waals surface area contributed by atoms with E-state index in [9.17, 15) is 14.4 Å². The number of nitrogens with one attached hydrogen (secondary N) is 1. The first kappa shape index (κ1) is 15.7. The highest BCUT2D eigenvalue weighted by Crippen LogP contribution is 2.23. The number of amides is 2. The molecular weight excluding hydrogens is 288 g/mol. The van der Waals surface area contributed by atoms with E-state index in [1.54, 1.807) is 23.3 Å². The minimum atomic E-state index is -0.101. The van der Waals surface area contributed by atoms with Crippen LogP contribution in [0.5, 0.6) is 0 Å². The molecule has 1 aromatic rings. The van der Waals surface area contributed by atoms with Crippen molar-refractivity contribution in [2.45, 2.75) is 26.7 Å². The fraction of sp³-hybridized carbons (Fsp3) is 0.533. The summed E-state index contributed by atoms with van der Waals surface area (Å²) in [5, 5.41) is 2.58. The molecule has 0 spiro atoms. The summed E-state index contributed by atoms with van der Waals surface area (Å²) in [6, 6.07) is 1.89. The van der Waals surface area contributed by atoms with Crippen molar-refractivity contribution in [3.63, 3.8) is 0 Å². The van der Waals surface area contributed by atoms with Gasteiger partial charge in [-0.2, -0.15) is 0 Å². The average molecular weight is 308 g/mol.